The number of nitrogens with one attached hydrogen (secondary N) is 1. The Morgan fingerprint density at radius 2 is 1.57 bits per heavy atom. The maximum atomic E-state index is 10.4. The normalized spacial score (nSPS) is 13.6. The van der Waals surface area contributed by atoms with E-state index in [0.29, 0.717) is 0 Å². The summed E-state index contributed by atoms with van der Waals surface area (Å²) < 4.78 is 0. The molecule has 2 rings (SSSR count). The van der Waals surface area contributed by atoms with E-state index in [1.54, 1.807) is 0 Å². The van der Waals surface area contributed by atoms with Gasteiger partial charge in [-0.2, -0.15) is 0 Å². The molecule has 124 valence electrons. The van der Waals surface area contributed by atoms with Gasteiger partial charge in [-0.15, -0.1) is 0 Å². The van der Waals surface area contributed by atoms with Gasteiger partial charge in [-0.1, -0.05) is 42.5 Å². The van der Waals surface area contributed by atoms with Crippen LogP contribution in [-0.4, -0.2) is 24.2 Å². The monoisotopic (exact) mass is 312 g/mol. The summed E-state index contributed by atoms with van der Waals surface area (Å²) in [5.41, 5.74) is 3.44. The van der Waals surface area contributed by atoms with Crippen molar-refractivity contribution in [1.29, 1.82) is 0 Å². The van der Waals surface area contributed by atoms with E-state index in [-0.39, 0.29) is 6.04 Å². The zero-order valence-electron chi connectivity index (χ0n) is 14.4. The molecule has 3 heteroatoms. The second-order valence-electron chi connectivity index (χ2n) is 5.86. The van der Waals surface area contributed by atoms with Crippen molar-refractivity contribution in [3.63, 3.8) is 0 Å². The molecule has 3 nitrogen and oxygen atoms in total. The average molecular weight is 312 g/mol. The molecule has 0 saturated carbocycles. The smallest absolute Gasteiger partial charge is 0.0940 e. The predicted molar refractivity (Wildman–Crippen MR) is 97.7 cm³/mol. The summed E-state index contributed by atoms with van der Waals surface area (Å²) in [5, 5.41) is 13.8. The Labute approximate surface area is 140 Å². The molecule has 0 aromatic heterocycles. The van der Waals surface area contributed by atoms with E-state index >= 15 is 0 Å². The maximum absolute atomic E-state index is 10.4. The third kappa shape index (κ3) is 4.81. The molecule has 2 N–H and O–H groups in total. The molecule has 0 radical (unpaired) electrons. The van der Waals surface area contributed by atoms with Gasteiger partial charge in [0.1, 0.15) is 0 Å². The standard InChI is InChI=1S/C20H28N2O/c1-4-22(5-2)19-13-11-17(12-14-19)15-21-16(3)20(23)18-9-7-6-8-10-18/h6-14,16,20-21,23H,4-5,15H2,1-3H3/t16-,20+/m0/s1. The van der Waals surface area contributed by atoms with Gasteiger partial charge >= 0.3 is 0 Å². The van der Waals surface area contributed by atoms with Crippen LogP contribution in [0.1, 0.15) is 38.0 Å². The highest BCUT2D eigenvalue weighted by molar-refractivity contribution is 5.47. The molecule has 0 aliphatic heterocycles. The van der Waals surface area contributed by atoms with Crippen LogP contribution in [-0.2, 0) is 6.54 Å². The quantitative estimate of drug-likeness (QED) is 0.779. The summed E-state index contributed by atoms with van der Waals surface area (Å²) in [5.74, 6) is 0. The van der Waals surface area contributed by atoms with Gasteiger partial charge in [0.2, 0.25) is 0 Å². The molecule has 2 aromatic rings. The molecule has 0 bridgehead atoms. The van der Waals surface area contributed by atoms with Crippen LogP contribution in [0, 0.1) is 0 Å². The number of aliphatic hydroxyl groups is 1. The van der Waals surface area contributed by atoms with Gasteiger partial charge in [0.05, 0.1) is 6.10 Å². The fourth-order valence-electron chi connectivity index (χ4n) is 2.74. The minimum Gasteiger partial charge on any atom is -0.387 e. The van der Waals surface area contributed by atoms with Crippen molar-refractivity contribution in [1.82, 2.24) is 5.32 Å². The number of anilines is 1. The molecule has 0 fully saturated rings. The Kier molecular flexibility index (Phi) is 6.63. The summed E-state index contributed by atoms with van der Waals surface area (Å²) in [4.78, 5) is 2.33. The minimum atomic E-state index is -0.494. The summed E-state index contributed by atoms with van der Waals surface area (Å²) in [6, 6.07) is 18.4. The topological polar surface area (TPSA) is 35.5 Å². The summed E-state index contributed by atoms with van der Waals surface area (Å²) in [6.07, 6.45) is -0.494. The van der Waals surface area contributed by atoms with Gasteiger partial charge in [-0.05, 0) is 44.0 Å². The highest BCUT2D eigenvalue weighted by Gasteiger charge is 2.15. The van der Waals surface area contributed by atoms with Gasteiger partial charge in [0.25, 0.3) is 0 Å². The largest absolute Gasteiger partial charge is 0.387 e. The van der Waals surface area contributed by atoms with Crippen molar-refractivity contribution in [2.45, 2.75) is 39.5 Å². The van der Waals surface area contributed by atoms with E-state index in [1.165, 1.54) is 11.3 Å². The van der Waals surface area contributed by atoms with E-state index in [9.17, 15) is 5.11 Å². The van der Waals surface area contributed by atoms with Gasteiger partial charge in [-0.3, -0.25) is 0 Å². The Balaban J connectivity index is 1.90. The van der Waals surface area contributed by atoms with Crippen molar-refractivity contribution < 1.29 is 5.11 Å². The zero-order valence-corrected chi connectivity index (χ0v) is 14.4. The third-order valence-corrected chi connectivity index (χ3v) is 4.31. The predicted octanol–water partition coefficient (Wildman–Crippen LogP) is 3.74. The van der Waals surface area contributed by atoms with Crippen LogP contribution in [0.4, 0.5) is 5.69 Å². The molecule has 2 aromatic carbocycles. The van der Waals surface area contributed by atoms with Crippen LogP contribution in [0.15, 0.2) is 54.6 Å². The van der Waals surface area contributed by atoms with Crippen LogP contribution >= 0.6 is 0 Å². The first-order valence-corrected chi connectivity index (χ1v) is 8.46. The Morgan fingerprint density at radius 1 is 0.957 bits per heavy atom. The number of aliphatic hydroxyl groups excluding tert-OH is 1. The van der Waals surface area contributed by atoms with E-state index in [4.69, 9.17) is 0 Å². The fourth-order valence-corrected chi connectivity index (χ4v) is 2.74. The van der Waals surface area contributed by atoms with Gasteiger partial charge < -0.3 is 15.3 Å². The lowest BCUT2D eigenvalue weighted by atomic mass is 10.0. The highest BCUT2D eigenvalue weighted by atomic mass is 16.3. The molecule has 0 spiro atoms. The third-order valence-electron chi connectivity index (χ3n) is 4.31. The number of benzene rings is 2. The van der Waals surface area contributed by atoms with Crippen LogP contribution in [0.2, 0.25) is 0 Å². The van der Waals surface area contributed by atoms with E-state index in [2.05, 4.69) is 48.3 Å². The zero-order chi connectivity index (χ0) is 16.7. The van der Waals surface area contributed by atoms with Crippen LogP contribution in [0.3, 0.4) is 0 Å². The van der Waals surface area contributed by atoms with Crippen LogP contribution < -0.4 is 10.2 Å². The molecular formula is C20H28N2O. The molecule has 0 heterocycles. The second kappa shape index (κ2) is 8.70. The van der Waals surface area contributed by atoms with E-state index < -0.39 is 6.10 Å². The van der Waals surface area contributed by atoms with Crippen molar-refractivity contribution in [2.24, 2.45) is 0 Å². The SMILES string of the molecule is CCN(CC)c1ccc(CN[C@@H](C)[C@@H](O)c2ccccc2)cc1. The van der Waals surface area contributed by atoms with E-state index in [1.807, 2.05) is 37.3 Å². The first-order valence-electron chi connectivity index (χ1n) is 8.46. The van der Waals surface area contributed by atoms with E-state index in [0.717, 1.165) is 25.2 Å². The van der Waals surface area contributed by atoms with Gasteiger partial charge in [-0.25, -0.2) is 0 Å². The average Bonchev–Trinajstić information content (AvgIpc) is 2.62. The molecule has 0 aliphatic rings. The van der Waals surface area contributed by atoms with Crippen LogP contribution in [0.25, 0.3) is 0 Å². The number of nitrogens with zero attached hydrogens (tertiary/aromatic N) is 1. The Morgan fingerprint density at radius 3 is 2.13 bits per heavy atom. The van der Waals surface area contributed by atoms with Gasteiger partial charge in [0.15, 0.2) is 0 Å². The first kappa shape index (κ1) is 17.5. The van der Waals surface area contributed by atoms with Crippen molar-refractivity contribution >= 4 is 5.69 Å². The molecule has 23 heavy (non-hydrogen) atoms. The lowest BCUT2D eigenvalue weighted by Crippen LogP contribution is -2.31. The first-order chi connectivity index (χ1) is 11.2. The molecule has 0 aliphatic carbocycles. The highest BCUT2D eigenvalue weighted by Crippen LogP contribution is 2.18. The summed E-state index contributed by atoms with van der Waals surface area (Å²) >= 11 is 0. The molecular weight excluding hydrogens is 284 g/mol. The van der Waals surface area contributed by atoms with Crippen molar-refractivity contribution in [3.8, 4) is 0 Å². The Hall–Kier alpha value is -1.84. The van der Waals surface area contributed by atoms with Crippen LogP contribution in [0.5, 0.6) is 0 Å². The summed E-state index contributed by atoms with van der Waals surface area (Å²) in [6.45, 7) is 9.16. The fraction of sp³-hybridized carbons (Fsp3) is 0.400. The van der Waals surface area contributed by atoms with Crippen molar-refractivity contribution in [3.05, 3.63) is 65.7 Å². The lowest BCUT2D eigenvalue weighted by Gasteiger charge is -2.22. The van der Waals surface area contributed by atoms with Crippen molar-refractivity contribution in [2.75, 3.05) is 18.0 Å². The second-order valence-corrected chi connectivity index (χ2v) is 5.86. The number of hydrogen-bond acceptors (Lipinski definition) is 3. The minimum absolute atomic E-state index is 0.000131. The molecule has 2 atom stereocenters. The number of hydrogen-bond donors (Lipinski definition) is 2. The number of rotatable bonds is 8. The lowest BCUT2D eigenvalue weighted by molar-refractivity contribution is 0.135. The molecule has 0 unspecified atom stereocenters. The Bertz CT molecular complexity index is 564. The van der Waals surface area contributed by atoms with Gasteiger partial charge in [0, 0.05) is 31.4 Å². The molecule has 0 saturated heterocycles. The maximum Gasteiger partial charge on any atom is 0.0940 e. The molecule has 0 amide bonds. The summed E-state index contributed by atoms with van der Waals surface area (Å²) in [7, 11) is 0.